The molecule has 0 aromatic carbocycles. The summed E-state index contributed by atoms with van der Waals surface area (Å²) in [6, 6.07) is 3.12. The van der Waals surface area contributed by atoms with Crippen molar-refractivity contribution in [1.82, 2.24) is 9.97 Å². The monoisotopic (exact) mass is 236 g/mol. The van der Waals surface area contributed by atoms with Gasteiger partial charge in [-0.05, 0) is 6.07 Å². The van der Waals surface area contributed by atoms with Gasteiger partial charge in [0.2, 0.25) is 5.88 Å². The van der Waals surface area contributed by atoms with Crippen LogP contribution in [0.1, 0.15) is 10.5 Å². The van der Waals surface area contributed by atoms with Crippen molar-refractivity contribution in [3.05, 3.63) is 30.4 Å². The number of primary amides is 1. The van der Waals surface area contributed by atoms with Gasteiger partial charge in [0.15, 0.2) is 5.69 Å². The van der Waals surface area contributed by atoms with Gasteiger partial charge in [-0.2, -0.15) is 0 Å². The average molecular weight is 236 g/mol. The Kier molecular flexibility index (Phi) is 2.77. The van der Waals surface area contributed by atoms with Crippen molar-refractivity contribution in [3.63, 3.8) is 0 Å². The Morgan fingerprint density at radius 3 is 3.00 bits per heavy atom. The first-order valence-electron chi connectivity index (χ1n) is 4.52. The summed E-state index contributed by atoms with van der Waals surface area (Å²) in [6.45, 7) is 0. The summed E-state index contributed by atoms with van der Waals surface area (Å²) in [5.74, 6) is -0.754. The molecular formula is C9H8N4O4. The Balaban J connectivity index is 2.03. The van der Waals surface area contributed by atoms with E-state index < -0.39 is 12.0 Å². The van der Waals surface area contributed by atoms with Crippen LogP contribution in [0.15, 0.2) is 29.1 Å². The maximum Gasteiger partial charge on any atom is 0.420 e. The minimum atomic E-state index is -0.838. The molecule has 0 saturated carbocycles. The number of H-pyrrole nitrogens is 1. The van der Waals surface area contributed by atoms with Gasteiger partial charge >= 0.3 is 6.09 Å². The largest absolute Gasteiger partial charge is 0.448 e. The van der Waals surface area contributed by atoms with Crippen LogP contribution in [-0.2, 0) is 0 Å². The van der Waals surface area contributed by atoms with E-state index in [4.69, 9.17) is 14.9 Å². The van der Waals surface area contributed by atoms with Crippen molar-refractivity contribution >= 4 is 17.9 Å². The predicted molar refractivity (Wildman–Crippen MR) is 55.5 cm³/mol. The molecular weight excluding hydrogens is 228 g/mol. The molecule has 0 saturated heterocycles. The Morgan fingerprint density at radius 1 is 1.53 bits per heavy atom. The fourth-order valence-corrected chi connectivity index (χ4v) is 1.10. The van der Waals surface area contributed by atoms with Crippen molar-refractivity contribution < 1.29 is 18.7 Å². The smallest absolute Gasteiger partial charge is 0.420 e. The van der Waals surface area contributed by atoms with E-state index in [1.165, 1.54) is 18.7 Å². The molecule has 0 atom stereocenters. The topological polar surface area (TPSA) is 123 Å². The van der Waals surface area contributed by atoms with E-state index in [2.05, 4.69) is 15.3 Å². The van der Waals surface area contributed by atoms with Gasteiger partial charge in [0.05, 0.1) is 12.6 Å². The summed E-state index contributed by atoms with van der Waals surface area (Å²) >= 11 is 0. The zero-order valence-electron chi connectivity index (χ0n) is 8.47. The molecule has 2 heterocycles. The molecule has 0 aliphatic rings. The maximum absolute atomic E-state index is 11.4. The van der Waals surface area contributed by atoms with Gasteiger partial charge in [-0.3, -0.25) is 10.1 Å². The molecule has 0 aliphatic carbocycles. The standard InChI is InChI=1S/C9H8N4O4/c10-7(14)6-8(12-4-11-6)17-9(15)13-5-2-1-3-16-5/h1-4H,(H2,10,14)(H,11,12)(H,13,15). The second-order valence-corrected chi connectivity index (χ2v) is 2.94. The number of amides is 2. The van der Waals surface area contributed by atoms with Gasteiger partial charge < -0.3 is 19.9 Å². The van der Waals surface area contributed by atoms with Crippen LogP contribution in [0.2, 0.25) is 0 Å². The number of nitrogens with one attached hydrogen (secondary N) is 2. The fraction of sp³-hybridized carbons (Fsp3) is 0. The molecule has 17 heavy (non-hydrogen) atoms. The Bertz CT molecular complexity index is 531. The second kappa shape index (κ2) is 4.39. The normalized spacial score (nSPS) is 9.88. The minimum Gasteiger partial charge on any atom is -0.448 e. The number of rotatable bonds is 3. The first-order valence-corrected chi connectivity index (χ1v) is 4.52. The molecule has 88 valence electrons. The van der Waals surface area contributed by atoms with Crippen molar-refractivity contribution in [2.24, 2.45) is 5.73 Å². The van der Waals surface area contributed by atoms with Crippen LogP contribution in [0.5, 0.6) is 5.88 Å². The minimum absolute atomic E-state index is 0.0837. The molecule has 0 unspecified atom stereocenters. The van der Waals surface area contributed by atoms with Crippen LogP contribution >= 0.6 is 0 Å². The molecule has 2 amide bonds. The lowest BCUT2D eigenvalue weighted by Crippen LogP contribution is -2.19. The Morgan fingerprint density at radius 2 is 2.35 bits per heavy atom. The molecule has 0 aliphatic heterocycles. The molecule has 0 radical (unpaired) electrons. The lowest BCUT2D eigenvalue weighted by atomic mass is 10.4. The van der Waals surface area contributed by atoms with Crippen molar-refractivity contribution in [2.75, 3.05) is 5.32 Å². The average Bonchev–Trinajstić information content (AvgIpc) is 2.88. The number of imidazole rings is 1. The maximum atomic E-state index is 11.4. The Labute approximate surface area is 94.8 Å². The third kappa shape index (κ3) is 2.43. The SMILES string of the molecule is NC(=O)c1[nH]cnc1OC(=O)Nc1ccco1. The van der Waals surface area contributed by atoms with Crippen LogP contribution in [0, 0.1) is 0 Å². The van der Waals surface area contributed by atoms with Crippen LogP contribution in [-0.4, -0.2) is 22.0 Å². The molecule has 0 spiro atoms. The number of nitrogens with two attached hydrogens (primary N) is 1. The number of anilines is 1. The third-order valence-corrected chi connectivity index (χ3v) is 1.79. The number of aromatic amines is 1. The van der Waals surface area contributed by atoms with Crippen LogP contribution in [0.25, 0.3) is 0 Å². The summed E-state index contributed by atoms with van der Waals surface area (Å²) in [5, 5.41) is 2.29. The zero-order valence-corrected chi connectivity index (χ0v) is 8.47. The quantitative estimate of drug-likeness (QED) is 0.724. The summed E-state index contributed by atoms with van der Waals surface area (Å²) in [6.07, 6.45) is 1.74. The summed E-state index contributed by atoms with van der Waals surface area (Å²) in [4.78, 5) is 28.3. The first kappa shape index (κ1) is 10.7. The fourth-order valence-electron chi connectivity index (χ4n) is 1.10. The zero-order chi connectivity index (χ0) is 12.3. The molecule has 2 rings (SSSR count). The van der Waals surface area contributed by atoms with Gasteiger partial charge in [-0.25, -0.2) is 9.78 Å². The lowest BCUT2D eigenvalue weighted by Gasteiger charge is -2.02. The predicted octanol–water partition coefficient (Wildman–Crippen LogP) is 0.712. The third-order valence-electron chi connectivity index (χ3n) is 1.79. The number of hydrogen-bond donors (Lipinski definition) is 3. The highest BCUT2D eigenvalue weighted by molar-refractivity contribution is 5.94. The van der Waals surface area contributed by atoms with Crippen molar-refractivity contribution in [3.8, 4) is 5.88 Å². The van der Waals surface area contributed by atoms with E-state index in [9.17, 15) is 9.59 Å². The van der Waals surface area contributed by atoms with Crippen LogP contribution in [0.3, 0.4) is 0 Å². The van der Waals surface area contributed by atoms with E-state index >= 15 is 0 Å². The highest BCUT2D eigenvalue weighted by atomic mass is 16.6. The van der Waals surface area contributed by atoms with E-state index in [1.54, 1.807) is 6.07 Å². The Hall–Kier alpha value is -2.77. The molecule has 2 aromatic heterocycles. The molecule has 0 bridgehead atoms. The van der Waals surface area contributed by atoms with E-state index in [0.717, 1.165) is 0 Å². The summed E-state index contributed by atoms with van der Waals surface area (Å²) in [5.41, 5.74) is 4.95. The molecule has 2 aromatic rings. The molecule has 8 heteroatoms. The highest BCUT2D eigenvalue weighted by Gasteiger charge is 2.16. The summed E-state index contributed by atoms with van der Waals surface area (Å²) in [7, 11) is 0. The molecule has 0 fully saturated rings. The van der Waals surface area contributed by atoms with Crippen LogP contribution in [0.4, 0.5) is 10.7 Å². The van der Waals surface area contributed by atoms with Gasteiger partial charge in [0, 0.05) is 6.07 Å². The van der Waals surface area contributed by atoms with Gasteiger partial charge in [0.1, 0.15) is 0 Å². The van der Waals surface area contributed by atoms with E-state index in [0.29, 0.717) is 0 Å². The van der Waals surface area contributed by atoms with Gasteiger partial charge in [0.25, 0.3) is 11.8 Å². The van der Waals surface area contributed by atoms with Crippen molar-refractivity contribution in [2.45, 2.75) is 0 Å². The number of nitrogens with zero attached hydrogens (tertiary/aromatic N) is 1. The van der Waals surface area contributed by atoms with Gasteiger partial charge in [-0.1, -0.05) is 0 Å². The lowest BCUT2D eigenvalue weighted by molar-refractivity contribution is 0.0993. The number of ether oxygens (including phenoxy) is 1. The summed E-state index contributed by atoms with van der Waals surface area (Å²) < 4.78 is 9.64. The second-order valence-electron chi connectivity index (χ2n) is 2.94. The number of hydrogen-bond acceptors (Lipinski definition) is 5. The van der Waals surface area contributed by atoms with Crippen molar-refractivity contribution in [1.29, 1.82) is 0 Å². The highest BCUT2D eigenvalue weighted by Crippen LogP contribution is 2.13. The van der Waals surface area contributed by atoms with E-state index in [1.807, 2.05) is 0 Å². The molecule has 4 N–H and O–H groups in total. The number of furan rings is 1. The number of carbonyl (C=O) groups is 2. The van der Waals surface area contributed by atoms with Crippen LogP contribution < -0.4 is 15.8 Å². The first-order chi connectivity index (χ1) is 8.16. The number of aromatic nitrogens is 2. The number of carbonyl (C=O) groups excluding carboxylic acids is 2. The van der Waals surface area contributed by atoms with Gasteiger partial charge in [-0.15, -0.1) is 0 Å². The van der Waals surface area contributed by atoms with E-state index in [-0.39, 0.29) is 17.5 Å². The molecule has 8 nitrogen and oxygen atoms in total.